The van der Waals surface area contributed by atoms with Gasteiger partial charge in [0.15, 0.2) is 5.65 Å². The molecule has 0 bridgehead atoms. The second kappa shape index (κ2) is 7.35. The molecule has 1 aliphatic carbocycles. The molecule has 0 amide bonds. The highest BCUT2D eigenvalue weighted by Gasteiger charge is 2.57. The molecule has 5 heterocycles. The lowest BCUT2D eigenvalue weighted by Crippen LogP contribution is -2.25. The van der Waals surface area contributed by atoms with E-state index in [2.05, 4.69) is 30.6 Å². The van der Waals surface area contributed by atoms with E-state index in [1.807, 2.05) is 25.5 Å². The van der Waals surface area contributed by atoms with Crippen LogP contribution in [0.15, 0.2) is 36.8 Å². The van der Waals surface area contributed by atoms with Gasteiger partial charge in [0.05, 0.1) is 22.8 Å². The second-order valence-electron chi connectivity index (χ2n) is 9.79. The summed E-state index contributed by atoms with van der Waals surface area (Å²) in [6.07, 6.45) is 8.36. The summed E-state index contributed by atoms with van der Waals surface area (Å²) < 4.78 is 16.3. The molecule has 1 saturated heterocycles. The molecular weight excluding hydrogens is 445 g/mol. The molecule has 1 saturated carbocycles. The average Bonchev–Trinajstić information content (AvgIpc) is 3.21. The molecular formula is C25H26FN9. The normalized spacial score (nSPS) is 21.7. The first kappa shape index (κ1) is 20.6. The number of anilines is 2. The van der Waals surface area contributed by atoms with Gasteiger partial charge >= 0.3 is 0 Å². The number of nitrogens with one attached hydrogen (secondary N) is 3. The largest absolute Gasteiger partial charge is 0.386 e. The molecule has 9 nitrogen and oxygen atoms in total. The van der Waals surface area contributed by atoms with E-state index < -0.39 is 0 Å². The molecule has 1 spiro atoms. The summed E-state index contributed by atoms with van der Waals surface area (Å²) in [7, 11) is 3.83. The van der Waals surface area contributed by atoms with Crippen molar-refractivity contribution in [3.8, 4) is 0 Å². The van der Waals surface area contributed by atoms with Crippen LogP contribution in [0.2, 0.25) is 0 Å². The standard InChI is InChI=1S/C25H26FN9/c1-27-17-9-15(26)8-16-21-23(33-22(16)17)31-19(7-14-11-29-20-3-5-30-35(20)12-14)32-24(21)34-6-4-25(13-34)10-18(25)28-2/h3,5,8-9,11-12,18,27-28H,4,6-7,10,13H2,1-2H3,(H,31,32,33). The average molecular weight is 472 g/mol. The fourth-order valence-electron chi connectivity index (χ4n) is 5.80. The van der Waals surface area contributed by atoms with Crippen LogP contribution in [-0.4, -0.2) is 62.8 Å². The maximum Gasteiger partial charge on any atom is 0.154 e. The highest BCUT2D eigenvalue weighted by atomic mass is 19.1. The van der Waals surface area contributed by atoms with E-state index >= 15 is 0 Å². The zero-order valence-corrected chi connectivity index (χ0v) is 19.6. The van der Waals surface area contributed by atoms with Crippen molar-refractivity contribution in [3.63, 3.8) is 0 Å². The van der Waals surface area contributed by atoms with Crippen LogP contribution in [0.5, 0.6) is 0 Å². The molecule has 178 valence electrons. The summed E-state index contributed by atoms with van der Waals surface area (Å²) in [4.78, 5) is 20.2. The lowest BCUT2D eigenvalue weighted by atomic mass is 10.1. The molecule has 3 N–H and O–H groups in total. The van der Waals surface area contributed by atoms with E-state index in [-0.39, 0.29) is 5.82 Å². The first-order valence-corrected chi connectivity index (χ1v) is 12.0. The maximum atomic E-state index is 14.6. The molecule has 35 heavy (non-hydrogen) atoms. The SMILES string of the molecule is CNc1cc(F)cc2c1[nH]c1nc(Cc3cnc4ccnn4c3)nc(N3CCC4(CC4NC)C3)c12. The van der Waals surface area contributed by atoms with Crippen molar-refractivity contribution in [3.05, 3.63) is 54.0 Å². The lowest BCUT2D eigenvalue weighted by Gasteiger charge is -2.20. The molecule has 5 aromatic rings. The number of hydrogen-bond donors (Lipinski definition) is 3. The highest BCUT2D eigenvalue weighted by Crippen LogP contribution is 2.54. The van der Waals surface area contributed by atoms with Gasteiger partial charge < -0.3 is 20.5 Å². The Hall–Kier alpha value is -3.79. The molecule has 10 heteroatoms. The summed E-state index contributed by atoms with van der Waals surface area (Å²) in [5.74, 6) is 1.28. The van der Waals surface area contributed by atoms with E-state index in [1.54, 1.807) is 23.8 Å². The quantitative estimate of drug-likeness (QED) is 0.362. The number of rotatable bonds is 5. The van der Waals surface area contributed by atoms with E-state index in [0.29, 0.717) is 29.4 Å². The molecule has 7 rings (SSSR count). The Bertz CT molecular complexity index is 1610. The smallest absolute Gasteiger partial charge is 0.154 e. The minimum absolute atomic E-state index is 0.285. The van der Waals surface area contributed by atoms with E-state index in [4.69, 9.17) is 9.97 Å². The lowest BCUT2D eigenvalue weighted by molar-refractivity contribution is 0.522. The van der Waals surface area contributed by atoms with Crippen molar-refractivity contribution < 1.29 is 4.39 Å². The van der Waals surface area contributed by atoms with Gasteiger partial charge in [-0.15, -0.1) is 0 Å². The third-order valence-corrected chi connectivity index (χ3v) is 7.71. The van der Waals surface area contributed by atoms with Gasteiger partial charge in [-0.25, -0.2) is 23.9 Å². The number of hydrogen-bond acceptors (Lipinski definition) is 7. The van der Waals surface area contributed by atoms with Crippen molar-refractivity contribution in [2.24, 2.45) is 5.41 Å². The molecule has 0 radical (unpaired) electrons. The zero-order chi connectivity index (χ0) is 23.7. The summed E-state index contributed by atoms with van der Waals surface area (Å²) in [6, 6.07) is 5.50. The van der Waals surface area contributed by atoms with E-state index in [1.165, 1.54) is 12.5 Å². The van der Waals surface area contributed by atoms with Gasteiger partial charge in [0.1, 0.15) is 23.1 Å². The molecule has 2 fully saturated rings. The van der Waals surface area contributed by atoms with Crippen LogP contribution < -0.4 is 15.5 Å². The zero-order valence-electron chi connectivity index (χ0n) is 19.6. The number of aromatic amines is 1. The monoisotopic (exact) mass is 471 g/mol. The Labute approximate surface area is 200 Å². The molecule has 4 aromatic heterocycles. The number of fused-ring (bicyclic) bond motifs is 4. The topological polar surface area (TPSA) is 99.1 Å². The van der Waals surface area contributed by atoms with Crippen LogP contribution in [0.3, 0.4) is 0 Å². The first-order chi connectivity index (χ1) is 17.1. The highest BCUT2D eigenvalue weighted by molar-refractivity contribution is 6.14. The van der Waals surface area contributed by atoms with Crippen LogP contribution >= 0.6 is 0 Å². The minimum Gasteiger partial charge on any atom is -0.386 e. The summed E-state index contributed by atoms with van der Waals surface area (Å²) in [6.45, 7) is 1.86. The van der Waals surface area contributed by atoms with Gasteiger partial charge in [-0.05, 0) is 37.6 Å². The third-order valence-electron chi connectivity index (χ3n) is 7.71. The maximum absolute atomic E-state index is 14.6. The molecule has 1 aromatic carbocycles. The van der Waals surface area contributed by atoms with E-state index in [0.717, 1.165) is 58.5 Å². The van der Waals surface area contributed by atoms with Crippen LogP contribution in [-0.2, 0) is 6.42 Å². The van der Waals surface area contributed by atoms with Gasteiger partial charge in [0.2, 0.25) is 0 Å². The number of H-pyrrole nitrogens is 1. The van der Waals surface area contributed by atoms with Crippen LogP contribution in [0.25, 0.3) is 27.6 Å². The summed E-state index contributed by atoms with van der Waals surface area (Å²) in [5, 5.41) is 12.5. The predicted octanol–water partition coefficient (Wildman–Crippen LogP) is 3.11. The Morgan fingerprint density at radius 1 is 1.26 bits per heavy atom. The fraction of sp³-hybridized carbons (Fsp3) is 0.360. The summed E-state index contributed by atoms with van der Waals surface area (Å²) >= 11 is 0. The number of nitrogens with zero attached hydrogens (tertiary/aromatic N) is 6. The van der Waals surface area contributed by atoms with Gasteiger partial charge in [-0.2, -0.15) is 5.10 Å². The van der Waals surface area contributed by atoms with Gasteiger partial charge in [-0.1, -0.05) is 0 Å². The van der Waals surface area contributed by atoms with E-state index in [9.17, 15) is 4.39 Å². The molecule has 2 atom stereocenters. The molecule has 2 aliphatic rings. The van der Waals surface area contributed by atoms with Crippen LogP contribution in [0, 0.1) is 11.2 Å². The fourth-order valence-corrected chi connectivity index (χ4v) is 5.80. The van der Waals surface area contributed by atoms with Crippen molar-refractivity contribution in [1.82, 2.24) is 34.9 Å². The third kappa shape index (κ3) is 3.16. The number of halogens is 1. The molecule has 1 aliphatic heterocycles. The van der Waals surface area contributed by atoms with Gasteiger partial charge in [0, 0.05) is 61.9 Å². The second-order valence-corrected chi connectivity index (χ2v) is 9.79. The Morgan fingerprint density at radius 3 is 3.00 bits per heavy atom. The van der Waals surface area contributed by atoms with Crippen molar-refractivity contribution in [2.45, 2.75) is 25.3 Å². The van der Waals surface area contributed by atoms with Crippen LogP contribution in [0.1, 0.15) is 24.2 Å². The van der Waals surface area contributed by atoms with Crippen molar-refractivity contribution in [1.29, 1.82) is 0 Å². The minimum atomic E-state index is -0.285. The Morgan fingerprint density at radius 2 is 2.17 bits per heavy atom. The Balaban J connectivity index is 1.38. The first-order valence-electron chi connectivity index (χ1n) is 12.0. The number of benzene rings is 1. The number of aromatic nitrogens is 6. The summed E-state index contributed by atoms with van der Waals surface area (Å²) in [5.41, 5.74) is 4.33. The van der Waals surface area contributed by atoms with Gasteiger partial charge in [0.25, 0.3) is 0 Å². The van der Waals surface area contributed by atoms with Crippen LogP contribution in [0.4, 0.5) is 15.9 Å². The van der Waals surface area contributed by atoms with Crippen molar-refractivity contribution in [2.75, 3.05) is 37.4 Å². The molecule has 2 unspecified atom stereocenters. The van der Waals surface area contributed by atoms with Crippen molar-refractivity contribution >= 4 is 39.1 Å². The Kier molecular flexibility index (Phi) is 4.32. The predicted molar refractivity (Wildman–Crippen MR) is 133 cm³/mol. The van der Waals surface area contributed by atoms with Gasteiger partial charge in [-0.3, -0.25) is 0 Å².